The number of halogens is 3. The van der Waals surface area contributed by atoms with Crippen LogP contribution in [0.2, 0.25) is 0 Å². The monoisotopic (exact) mass is 318 g/mol. The number of hydrogen-bond donors (Lipinski definition) is 2. The highest BCUT2D eigenvalue weighted by Gasteiger charge is 2.34. The van der Waals surface area contributed by atoms with E-state index in [0.29, 0.717) is 6.42 Å². The molecule has 0 saturated heterocycles. The number of rotatable bonds is 5. The van der Waals surface area contributed by atoms with E-state index < -0.39 is 23.9 Å². The Morgan fingerprint density at radius 2 is 1.77 bits per heavy atom. The number of likely N-dealkylation sites (N-methyl/N-ethyl adjacent to an activating group) is 1. The van der Waals surface area contributed by atoms with Crippen LogP contribution < -0.4 is 10.6 Å². The highest BCUT2D eigenvalue weighted by atomic mass is 19.4. The number of aromatic nitrogens is 2. The third kappa shape index (κ3) is 4.97. The van der Waals surface area contributed by atoms with Gasteiger partial charge >= 0.3 is 6.18 Å². The average molecular weight is 318 g/mol. The standard InChI is InChI=1S/C13H17F3N4O2/c1-7(2)4-9(11(22)17-3)20-10(21)8-5-18-12(19-6-8)13(14,15)16/h5-7,9H,4H2,1-3H3,(H,17,22)(H,20,21)/t9-/m1/s1. The van der Waals surface area contributed by atoms with Crippen molar-refractivity contribution in [2.24, 2.45) is 5.92 Å². The highest BCUT2D eigenvalue weighted by Crippen LogP contribution is 2.25. The molecule has 2 N–H and O–H groups in total. The minimum absolute atomic E-state index is 0.145. The summed E-state index contributed by atoms with van der Waals surface area (Å²) in [6.07, 6.45) is -2.72. The molecule has 0 radical (unpaired) electrons. The van der Waals surface area contributed by atoms with Crippen molar-refractivity contribution in [1.29, 1.82) is 0 Å². The molecule has 22 heavy (non-hydrogen) atoms. The molecule has 1 aromatic rings. The number of carbonyl (C=O) groups excluding carboxylic acids is 2. The molecule has 0 saturated carbocycles. The molecule has 2 amide bonds. The van der Waals surface area contributed by atoms with E-state index in [9.17, 15) is 22.8 Å². The molecule has 1 atom stereocenters. The van der Waals surface area contributed by atoms with Gasteiger partial charge in [0.15, 0.2) is 0 Å². The quantitative estimate of drug-likeness (QED) is 0.859. The Labute approximate surface area is 125 Å². The van der Waals surface area contributed by atoms with Gasteiger partial charge in [0.2, 0.25) is 11.7 Å². The summed E-state index contributed by atoms with van der Waals surface area (Å²) in [6, 6.07) is -0.778. The first-order chi connectivity index (χ1) is 10.1. The second-order valence-electron chi connectivity index (χ2n) is 5.06. The number of alkyl halides is 3. The second kappa shape index (κ2) is 7.19. The lowest BCUT2D eigenvalue weighted by atomic mass is 10.0. The minimum Gasteiger partial charge on any atom is -0.357 e. The van der Waals surface area contributed by atoms with E-state index in [0.717, 1.165) is 12.4 Å². The van der Waals surface area contributed by atoms with E-state index in [1.54, 1.807) is 0 Å². The predicted octanol–water partition coefficient (Wildman–Crippen LogP) is 1.39. The van der Waals surface area contributed by atoms with Crippen molar-refractivity contribution in [2.75, 3.05) is 7.05 Å². The molecule has 0 bridgehead atoms. The lowest BCUT2D eigenvalue weighted by Crippen LogP contribution is -2.46. The van der Waals surface area contributed by atoms with Gasteiger partial charge in [0.05, 0.1) is 5.56 Å². The first-order valence-corrected chi connectivity index (χ1v) is 6.56. The van der Waals surface area contributed by atoms with Crippen LogP contribution in [0.4, 0.5) is 13.2 Å². The lowest BCUT2D eigenvalue weighted by Gasteiger charge is -2.19. The fourth-order valence-corrected chi connectivity index (χ4v) is 1.71. The summed E-state index contributed by atoms with van der Waals surface area (Å²) in [6.45, 7) is 3.76. The largest absolute Gasteiger partial charge is 0.451 e. The van der Waals surface area contributed by atoms with Crippen LogP contribution in [0.5, 0.6) is 0 Å². The third-order valence-electron chi connectivity index (χ3n) is 2.74. The van der Waals surface area contributed by atoms with Crippen molar-refractivity contribution in [3.63, 3.8) is 0 Å². The van der Waals surface area contributed by atoms with Crippen LogP contribution >= 0.6 is 0 Å². The van der Waals surface area contributed by atoms with Crippen molar-refractivity contribution in [2.45, 2.75) is 32.5 Å². The van der Waals surface area contributed by atoms with Gasteiger partial charge in [-0.25, -0.2) is 9.97 Å². The molecular weight excluding hydrogens is 301 g/mol. The van der Waals surface area contributed by atoms with Crippen molar-refractivity contribution in [1.82, 2.24) is 20.6 Å². The summed E-state index contributed by atoms with van der Waals surface area (Å²) < 4.78 is 37.0. The van der Waals surface area contributed by atoms with Crippen molar-refractivity contribution in [3.05, 3.63) is 23.8 Å². The van der Waals surface area contributed by atoms with Crippen molar-refractivity contribution < 1.29 is 22.8 Å². The number of nitrogens with one attached hydrogen (secondary N) is 2. The Kier molecular flexibility index (Phi) is 5.84. The van der Waals surface area contributed by atoms with Crippen LogP contribution in [0, 0.1) is 5.92 Å². The predicted molar refractivity (Wildman–Crippen MR) is 71.8 cm³/mol. The third-order valence-corrected chi connectivity index (χ3v) is 2.74. The van der Waals surface area contributed by atoms with Gasteiger partial charge < -0.3 is 10.6 Å². The van der Waals surface area contributed by atoms with Gasteiger partial charge in [-0.05, 0) is 12.3 Å². The van der Waals surface area contributed by atoms with Gasteiger partial charge in [0.25, 0.3) is 5.91 Å². The lowest BCUT2D eigenvalue weighted by molar-refractivity contribution is -0.145. The molecule has 122 valence electrons. The zero-order valence-electron chi connectivity index (χ0n) is 12.4. The Morgan fingerprint density at radius 3 is 2.18 bits per heavy atom. The zero-order valence-corrected chi connectivity index (χ0v) is 12.4. The molecule has 1 heterocycles. The first kappa shape index (κ1) is 17.9. The summed E-state index contributed by atoms with van der Waals surface area (Å²) in [5.74, 6) is -2.27. The summed E-state index contributed by atoms with van der Waals surface area (Å²) in [5.41, 5.74) is -0.148. The molecule has 0 aromatic carbocycles. The molecule has 1 aromatic heterocycles. The molecule has 0 aliphatic rings. The fraction of sp³-hybridized carbons (Fsp3) is 0.538. The van der Waals surface area contributed by atoms with Gasteiger partial charge in [-0.1, -0.05) is 13.8 Å². The molecule has 0 aliphatic carbocycles. The molecule has 0 unspecified atom stereocenters. The van der Waals surface area contributed by atoms with Crippen molar-refractivity contribution in [3.8, 4) is 0 Å². The summed E-state index contributed by atoms with van der Waals surface area (Å²) >= 11 is 0. The van der Waals surface area contributed by atoms with E-state index in [4.69, 9.17) is 0 Å². The Bertz CT molecular complexity index is 529. The van der Waals surface area contributed by atoms with E-state index in [2.05, 4.69) is 20.6 Å². The van der Waals surface area contributed by atoms with Crippen LogP contribution in [-0.4, -0.2) is 34.9 Å². The highest BCUT2D eigenvalue weighted by molar-refractivity contribution is 5.97. The van der Waals surface area contributed by atoms with E-state index in [1.807, 2.05) is 13.8 Å². The number of carbonyl (C=O) groups is 2. The van der Waals surface area contributed by atoms with Crippen LogP contribution in [0.1, 0.15) is 36.5 Å². The molecule has 6 nitrogen and oxygen atoms in total. The molecule has 0 spiro atoms. The average Bonchev–Trinajstić information content (AvgIpc) is 2.44. The summed E-state index contributed by atoms with van der Waals surface area (Å²) in [4.78, 5) is 29.9. The number of amides is 2. The maximum Gasteiger partial charge on any atom is 0.451 e. The van der Waals surface area contributed by atoms with Crippen LogP contribution in [-0.2, 0) is 11.0 Å². The van der Waals surface area contributed by atoms with Gasteiger partial charge in [0.1, 0.15) is 6.04 Å². The Balaban J connectivity index is 2.83. The van der Waals surface area contributed by atoms with Gasteiger partial charge in [-0.3, -0.25) is 9.59 Å². The number of hydrogen-bond acceptors (Lipinski definition) is 4. The fourth-order valence-electron chi connectivity index (χ4n) is 1.71. The van der Waals surface area contributed by atoms with E-state index in [1.165, 1.54) is 7.05 Å². The molecule has 9 heteroatoms. The molecule has 0 aliphatic heterocycles. The normalized spacial score (nSPS) is 12.9. The van der Waals surface area contributed by atoms with Crippen molar-refractivity contribution >= 4 is 11.8 Å². The van der Waals surface area contributed by atoms with Crippen LogP contribution in [0.15, 0.2) is 12.4 Å². The Hall–Kier alpha value is -2.19. The maximum atomic E-state index is 12.3. The molecule has 1 rings (SSSR count). The second-order valence-corrected chi connectivity index (χ2v) is 5.06. The van der Waals surface area contributed by atoms with Crippen LogP contribution in [0.25, 0.3) is 0 Å². The maximum absolute atomic E-state index is 12.3. The Morgan fingerprint density at radius 1 is 1.23 bits per heavy atom. The minimum atomic E-state index is -4.67. The molecular formula is C13H17F3N4O2. The van der Waals surface area contributed by atoms with E-state index >= 15 is 0 Å². The number of nitrogens with zero attached hydrogens (tertiary/aromatic N) is 2. The van der Waals surface area contributed by atoms with Crippen LogP contribution in [0.3, 0.4) is 0 Å². The topological polar surface area (TPSA) is 84.0 Å². The SMILES string of the molecule is CNC(=O)[C@@H](CC(C)C)NC(=O)c1cnc(C(F)(F)F)nc1. The van der Waals surface area contributed by atoms with Gasteiger partial charge in [0, 0.05) is 19.4 Å². The molecule has 0 fully saturated rings. The zero-order chi connectivity index (χ0) is 16.9. The summed E-state index contributed by atoms with van der Waals surface area (Å²) in [7, 11) is 1.43. The van der Waals surface area contributed by atoms with Gasteiger partial charge in [-0.15, -0.1) is 0 Å². The van der Waals surface area contributed by atoms with E-state index in [-0.39, 0.29) is 17.4 Å². The summed E-state index contributed by atoms with van der Waals surface area (Å²) in [5, 5.41) is 4.88. The van der Waals surface area contributed by atoms with Gasteiger partial charge in [-0.2, -0.15) is 13.2 Å². The smallest absolute Gasteiger partial charge is 0.357 e. The first-order valence-electron chi connectivity index (χ1n) is 6.56.